The smallest absolute Gasteiger partial charge is 0.320 e. The second-order valence-electron chi connectivity index (χ2n) is 4.46. The molecule has 0 saturated heterocycles. The number of hydrogen-bond donors (Lipinski definition) is 2. The first-order chi connectivity index (χ1) is 8.73. The van der Waals surface area contributed by atoms with Gasteiger partial charge in [0.15, 0.2) is 9.84 Å². The SMILES string of the molecule is C=Cc1cc(CC(N)C(=O)O)ccc1CS(C)(=O)=O. The van der Waals surface area contributed by atoms with Gasteiger partial charge in [-0.15, -0.1) is 0 Å². The third-order valence-corrected chi connectivity index (χ3v) is 3.46. The first kappa shape index (κ1) is 15.4. The molecule has 0 aliphatic carbocycles. The molecule has 0 heterocycles. The Morgan fingerprint density at radius 3 is 2.63 bits per heavy atom. The van der Waals surface area contributed by atoms with Crippen molar-refractivity contribution in [2.45, 2.75) is 18.2 Å². The number of carboxylic acids is 1. The first-order valence-corrected chi connectivity index (χ1v) is 7.69. The molecule has 0 saturated carbocycles. The zero-order valence-electron chi connectivity index (χ0n) is 10.7. The van der Waals surface area contributed by atoms with Crippen molar-refractivity contribution in [2.24, 2.45) is 5.73 Å². The van der Waals surface area contributed by atoms with Gasteiger partial charge in [-0.25, -0.2) is 8.42 Å². The zero-order chi connectivity index (χ0) is 14.6. The number of sulfone groups is 1. The Morgan fingerprint density at radius 1 is 1.53 bits per heavy atom. The predicted octanol–water partition coefficient (Wildman–Crippen LogP) is 0.829. The number of rotatable bonds is 6. The summed E-state index contributed by atoms with van der Waals surface area (Å²) in [6.45, 7) is 3.63. The van der Waals surface area contributed by atoms with Crippen LogP contribution in [0.5, 0.6) is 0 Å². The highest BCUT2D eigenvalue weighted by Crippen LogP contribution is 2.17. The van der Waals surface area contributed by atoms with Gasteiger partial charge >= 0.3 is 5.97 Å². The van der Waals surface area contributed by atoms with E-state index in [0.717, 1.165) is 11.8 Å². The molecule has 0 radical (unpaired) electrons. The summed E-state index contributed by atoms with van der Waals surface area (Å²) in [6, 6.07) is 4.10. The molecule has 0 bridgehead atoms. The molecule has 6 heteroatoms. The third-order valence-electron chi connectivity index (χ3n) is 2.62. The van der Waals surface area contributed by atoms with E-state index in [4.69, 9.17) is 10.8 Å². The molecule has 1 rings (SSSR count). The molecule has 1 atom stereocenters. The topological polar surface area (TPSA) is 97.5 Å². The average molecular weight is 283 g/mol. The molecule has 0 fully saturated rings. The Labute approximate surface area is 112 Å². The predicted molar refractivity (Wildman–Crippen MR) is 74.4 cm³/mol. The van der Waals surface area contributed by atoms with E-state index in [1.807, 2.05) is 0 Å². The van der Waals surface area contributed by atoms with Gasteiger partial charge in [-0.2, -0.15) is 0 Å². The van der Waals surface area contributed by atoms with Gasteiger partial charge in [-0.1, -0.05) is 30.9 Å². The minimum Gasteiger partial charge on any atom is -0.480 e. The standard InChI is InChI=1S/C13H17NO4S/c1-3-10-6-9(7-12(14)13(15)16)4-5-11(10)8-19(2,17)18/h3-6,12H,1,7-8,14H2,2H3,(H,15,16). The lowest BCUT2D eigenvalue weighted by atomic mass is 10.0. The lowest BCUT2D eigenvalue weighted by molar-refractivity contribution is -0.138. The lowest BCUT2D eigenvalue weighted by Crippen LogP contribution is -2.32. The Balaban J connectivity index is 3.02. The maximum atomic E-state index is 11.3. The summed E-state index contributed by atoms with van der Waals surface area (Å²) in [4.78, 5) is 10.7. The molecular formula is C13H17NO4S. The molecule has 5 nitrogen and oxygen atoms in total. The van der Waals surface area contributed by atoms with Gasteiger partial charge in [0, 0.05) is 6.26 Å². The van der Waals surface area contributed by atoms with E-state index in [2.05, 4.69) is 6.58 Å². The average Bonchev–Trinajstić information content (AvgIpc) is 2.29. The molecule has 0 aromatic heterocycles. The van der Waals surface area contributed by atoms with Crippen LogP contribution in [0.2, 0.25) is 0 Å². The summed E-state index contributed by atoms with van der Waals surface area (Å²) in [5.41, 5.74) is 7.52. The highest BCUT2D eigenvalue weighted by atomic mass is 32.2. The maximum absolute atomic E-state index is 11.3. The molecule has 0 aliphatic heterocycles. The van der Waals surface area contributed by atoms with Crippen LogP contribution < -0.4 is 5.73 Å². The number of benzene rings is 1. The molecule has 0 aliphatic rings. The van der Waals surface area contributed by atoms with Gasteiger partial charge < -0.3 is 10.8 Å². The summed E-state index contributed by atoms with van der Waals surface area (Å²) in [7, 11) is -3.13. The first-order valence-electron chi connectivity index (χ1n) is 5.63. The number of aliphatic carboxylic acids is 1. The van der Waals surface area contributed by atoms with Crippen LogP contribution in [-0.4, -0.2) is 31.8 Å². The van der Waals surface area contributed by atoms with Crippen molar-refractivity contribution in [1.29, 1.82) is 0 Å². The van der Waals surface area contributed by atoms with Crippen LogP contribution in [-0.2, 0) is 26.8 Å². The van der Waals surface area contributed by atoms with E-state index in [0.29, 0.717) is 11.1 Å². The monoisotopic (exact) mass is 283 g/mol. The van der Waals surface area contributed by atoms with E-state index < -0.39 is 21.8 Å². The van der Waals surface area contributed by atoms with Gasteiger partial charge in [0.25, 0.3) is 0 Å². The fraction of sp³-hybridized carbons (Fsp3) is 0.308. The second kappa shape index (κ2) is 5.99. The van der Waals surface area contributed by atoms with Gasteiger partial charge in [-0.3, -0.25) is 4.79 Å². The maximum Gasteiger partial charge on any atom is 0.320 e. The largest absolute Gasteiger partial charge is 0.480 e. The summed E-state index contributed by atoms with van der Waals surface area (Å²) in [5.74, 6) is -1.14. The normalized spacial score (nSPS) is 12.9. The minimum absolute atomic E-state index is 0.0698. The minimum atomic E-state index is -3.13. The Kier molecular flexibility index (Phi) is 4.85. The zero-order valence-corrected chi connectivity index (χ0v) is 11.5. The summed E-state index contributed by atoms with van der Waals surface area (Å²) >= 11 is 0. The summed E-state index contributed by atoms with van der Waals surface area (Å²) < 4.78 is 22.6. The van der Waals surface area contributed by atoms with E-state index in [-0.39, 0.29) is 12.2 Å². The van der Waals surface area contributed by atoms with Crippen molar-refractivity contribution in [3.8, 4) is 0 Å². The lowest BCUT2D eigenvalue weighted by Gasteiger charge is -2.10. The molecule has 0 spiro atoms. The number of carboxylic acid groups (broad SMARTS) is 1. The van der Waals surface area contributed by atoms with Crippen molar-refractivity contribution in [2.75, 3.05) is 6.26 Å². The van der Waals surface area contributed by atoms with Crippen molar-refractivity contribution in [3.63, 3.8) is 0 Å². The van der Waals surface area contributed by atoms with Crippen LogP contribution in [0, 0.1) is 0 Å². The Morgan fingerprint density at radius 2 is 2.16 bits per heavy atom. The fourth-order valence-corrected chi connectivity index (χ4v) is 2.54. The Hall–Kier alpha value is -1.66. The molecule has 1 aromatic carbocycles. The van der Waals surface area contributed by atoms with E-state index >= 15 is 0 Å². The molecule has 104 valence electrons. The van der Waals surface area contributed by atoms with Crippen molar-refractivity contribution < 1.29 is 18.3 Å². The number of nitrogens with two attached hydrogens (primary N) is 1. The van der Waals surface area contributed by atoms with Crippen molar-refractivity contribution >= 4 is 21.9 Å². The quantitative estimate of drug-likeness (QED) is 0.806. The number of hydrogen-bond acceptors (Lipinski definition) is 4. The van der Waals surface area contributed by atoms with Crippen LogP contribution in [0.1, 0.15) is 16.7 Å². The van der Waals surface area contributed by atoms with Gasteiger partial charge in [0.1, 0.15) is 6.04 Å². The molecule has 1 unspecified atom stereocenters. The second-order valence-corrected chi connectivity index (χ2v) is 6.60. The van der Waals surface area contributed by atoms with E-state index in [1.54, 1.807) is 24.3 Å². The molecule has 0 amide bonds. The van der Waals surface area contributed by atoms with Crippen molar-refractivity contribution in [3.05, 3.63) is 41.5 Å². The molecule has 19 heavy (non-hydrogen) atoms. The van der Waals surface area contributed by atoms with Crippen LogP contribution in [0.3, 0.4) is 0 Å². The molecule has 1 aromatic rings. The van der Waals surface area contributed by atoms with Gasteiger partial charge in [0.05, 0.1) is 5.75 Å². The van der Waals surface area contributed by atoms with Crippen LogP contribution in [0.4, 0.5) is 0 Å². The molecular weight excluding hydrogens is 266 g/mol. The fourth-order valence-electron chi connectivity index (χ4n) is 1.72. The van der Waals surface area contributed by atoms with E-state index in [1.165, 1.54) is 0 Å². The van der Waals surface area contributed by atoms with Gasteiger partial charge in [0.2, 0.25) is 0 Å². The summed E-state index contributed by atoms with van der Waals surface area (Å²) in [5, 5.41) is 8.75. The van der Waals surface area contributed by atoms with Crippen LogP contribution in [0.25, 0.3) is 6.08 Å². The van der Waals surface area contributed by atoms with Gasteiger partial charge in [-0.05, 0) is 23.1 Å². The Bertz CT molecular complexity index is 593. The summed E-state index contributed by atoms with van der Waals surface area (Å²) in [6.07, 6.45) is 2.90. The van der Waals surface area contributed by atoms with Crippen molar-refractivity contribution in [1.82, 2.24) is 0 Å². The molecule has 3 N–H and O–H groups in total. The third kappa shape index (κ3) is 4.84. The van der Waals surface area contributed by atoms with Crippen LogP contribution in [0.15, 0.2) is 24.8 Å². The highest BCUT2D eigenvalue weighted by molar-refractivity contribution is 7.89. The highest BCUT2D eigenvalue weighted by Gasteiger charge is 2.14. The number of carbonyl (C=O) groups is 1. The van der Waals surface area contributed by atoms with Crippen LogP contribution >= 0.6 is 0 Å². The van der Waals surface area contributed by atoms with E-state index in [9.17, 15) is 13.2 Å².